The van der Waals surface area contributed by atoms with Crippen LogP contribution in [-0.4, -0.2) is 45.5 Å². The van der Waals surface area contributed by atoms with Crippen molar-refractivity contribution in [1.29, 1.82) is 0 Å². The van der Waals surface area contributed by atoms with E-state index in [0.29, 0.717) is 12.4 Å². The molecule has 0 atom stereocenters. The van der Waals surface area contributed by atoms with Crippen LogP contribution in [0, 0.1) is 0 Å². The van der Waals surface area contributed by atoms with E-state index in [2.05, 4.69) is 12.2 Å². The molecule has 120 valence electrons. The van der Waals surface area contributed by atoms with E-state index in [1.54, 1.807) is 31.3 Å². The van der Waals surface area contributed by atoms with Crippen molar-refractivity contribution in [3.8, 4) is 5.75 Å². The van der Waals surface area contributed by atoms with E-state index in [4.69, 9.17) is 4.74 Å². The standard InChI is InChI=1S/C15H26N2O3S/c1-5-10-16-11-12-20-14-6-8-15(9-7-14)21(18,19)17(4)13(2)3/h6-9,13,16H,5,10-12H2,1-4H3. The predicted molar refractivity (Wildman–Crippen MR) is 85.2 cm³/mol. The molecule has 6 heteroatoms. The van der Waals surface area contributed by atoms with Crippen LogP contribution in [-0.2, 0) is 10.0 Å². The Balaban J connectivity index is 2.62. The molecule has 21 heavy (non-hydrogen) atoms. The van der Waals surface area contributed by atoms with Crippen molar-refractivity contribution in [3.63, 3.8) is 0 Å². The van der Waals surface area contributed by atoms with Crippen molar-refractivity contribution in [2.75, 3.05) is 26.7 Å². The number of nitrogens with zero attached hydrogens (tertiary/aromatic N) is 1. The van der Waals surface area contributed by atoms with Gasteiger partial charge in [0.05, 0.1) is 4.90 Å². The Hall–Kier alpha value is -1.11. The van der Waals surface area contributed by atoms with Gasteiger partial charge in [-0.05, 0) is 51.1 Å². The second kappa shape index (κ2) is 8.36. The molecule has 5 nitrogen and oxygen atoms in total. The van der Waals surface area contributed by atoms with Crippen LogP contribution in [0.25, 0.3) is 0 Å². The van der Waals surface area contributed by atoms with Gasteiger partial charge in [-0.2, -0.15) is 4.31 Å². The number of ether oxygens (including phenoxy) is 1. The average molecular weight is 314 g/mol. The molecule has 0 aromatic heterocycles. The quantitative estimate of drug-likeness (QED) is 0.709. The van der Waals surface area contributed by atoms with Crippen molar-refractivity contribution in [2.24, 2.45) is 0 Å². The van der Waals surface area contributed by atoms with Crippen molar-refractivity contribution >= 4 is 10.0 Å². The normalized spacial score (nSPS) is 12.1. The lowest BCUT2D eigenvalue weighted by atomic mass is 10.3. The lowest BCUT2D eigenvalue weighted by Crippen LogP contribution is -2.33. The summed E-state index contributed by atoms with van der Waals surface area (Å²) < 4.78 is 31.5. The molecule has 0 radical (unpaired) electrons. The van der Waals surface area contributed by atoms with E-state index < -0.39 is 10.0 Å². The van der Waals surface area contributed by atoms with Gasteiger partial charge in [-0.15, -0.1) is 0 Å². The third-order valence-corrected chi connectivity index (χ3v) is 5.25. The van der Waals surface area contributed by atoms with Gasteiger partial charge in [-0.1, -0.05) is 6.92 Å². The zero-order valence-corrected chi connectivity index (χ0v) is 14.1. The predicted octanol–water partition coefficient (Wildman–Crippen LogP) is 2.09. The van der Waals surface area contributed by atoms with E-state index in [1.165, 1.54) is 4.31 Å². The molecule has 1 aromatic rings. The fraction of sp³-hybridized carbons (Fsp3) is 0.600. The van der Waals surface area contributed by atoms with Crippen LogP contribution in [0.2, 0.25) is 0 Å². The van der Waals surface area contributed by atoms with E-state index >= 15 is 0 Å². The van der Waals surface area contributed by atoms with Crippen molar-refractivity contribution < 1.29 is 13.2 Å². The SMILES string of the molecule is CCCNCCOc1ccc(S(=O)(=O)N(C)C(C)C)cc1. The molecule has 0 saturated heterocycles. The van der Waals surface area contributed by atoms with Crippen LogP contribution in [0.15, 0.2) is 29.2 Å². The van der Waals surface area contributed by atoms with Gasteiger partial charge in [0.2, 0.25) is 10.0 Å². The number of hydrogen-bond donors (Lipinski definition) is 1. The van der Waals surface area contributed by atoms with Crippen molar-refractivity contribution in [3.05, 3.63) is 24.3 Å². The molecular formula is C15H26N2O3S. The summed E-state index contributed by atoms with van der Waals surface area (Å²) in [5, 5.41) is 3.24. The summed E-state index contributed by atoms with van der Waals surface area (Å²) in [5.41, 5.74) is 0. The smallest absolute Gasteiger partial charge is 0.243 e. The first-order valence-corrected chi connectivity index (χ1v) is 8.75. The van der Waals surface area contributed by atoms with Crippen LogP contribution in [0.4, 0.5) is 0 Å². The van der Waals surface area contributed by atoms with Gasteiger partial charge < -0.3 is 10.1 Å². The first kappa shape index (κ1) is 17.9. The molecule has 0 spiro atoms. The number of benzene rings is 1. The van der Waals surface area contributed by atoms with Crippen LogP contribution in [0.3, 0.4) is 0 Å². The van der Waals surface area contributed by atoms with Gasteiger partial charge in [-0.3, -0.25) is 0 Å². The van der Waals surface area contributed by atoms with Crippen LogP contribution in [0.1, 0.15) is 27.2 Å². The monoisotopic (exact) mass is 314 g/mol. The molecule has 0 aliphatic rings. The lowest BCUT2D eigenvalue weighted by Gasteiger charge is -2.21. The Kier molecular flexibility index (Phi) is 7.14. The van der Waals surface area contributed by atoms with Crippen LogP contribution >= 0.6 is 0 Å². The van der Waals surface area contributed by atoms with Gasteiger partial charge in [0.15, 0.2) is 0 Å². The highest BCUT2D eigenvalue weighted by molar-refractivity contribution is 7.89. The highest BCUT2D eigenvalue weighted by Crippen LogP contribution is 2.19. The zero-order chi connectivity index (χ0) is 15.9. The molecular weight excluding hydrogens is 288 g/mol. The first-order chi connectivity index (χ1) is 9.89. The highest BCUT2D eigenvalue weighted by atomic mass is 32.2. The highest BCUT2D eigenvalue weighted by Gasteiger charge is 2.22. The van der Waals surface area contributed by atoms with E-state index in [9.17, 15) is 8.42 Å². The molecule has 0 bridgehead atoms. The Labute approximate surface area is 128 Å². The van der Waals surface area contributed by atoms with Crippen molar-refractivity contribution in [2.45, 2.75) is 38.1 Å². The van der Waals surface area contributed by atoms with Gasteiger partial charge in [0.1, 0.15) is 12.4 Å². The lowest BCUT2D eigenvalue weighted by molar-refractivity contribution is 0.314. The molecule has 1 rings (SSSR count). The zero-order valence-electron chi connectivity index (χ0n) is 13.3. The van der Waals surface area contributed by atoms with Crippen molar-refractivity contribution in [1.82, 2.24) is 9.62 Å². The van der Waals surface area contributed by atoms with Crippen LogP contribution in [0.5, 0.6) is 5.75 Å². The number of hydrogen-bond acceptors (Lipinski definition) is 4. The molecule has 0 aliphatic carbocycles. The molecule has 0 amide bonds. The van der Waals surface area contributed by atoms with E-state index in [1.807, 2.05) is 13.8 Å². The maximum atomic E-state index is 12.3. The van der Waals surface area contributed by atoms with Gasteiger partial charge in [-0.25, -0.2) is 8.42 Å². The number of rotatable bonds is 9. The maximum Gasteiger partial charge on any atom is 0.243 e. The Morgan fingerprint density at radius 2 is 1.81 bits per heavy atom. The Bertz CT molecular complexity index is 512. The summed E-state index contributed by atoms with van der Waals surface area (Å²) in [5.74, 6) is 0.680. The third-order valence-electron chi connectivity index (χ3n) is 3.20. The largest absolute Gasteiger partial charge is 0.492 e. The summed E-state index contributed by atoms with van der Waals surface area (Å²) in [6.07, 6.45) is 1.09. The van der Waals surface area contributed by atoms with E-state index in [0.717, 1.165) is 19.5 Å². The Morgan fingerprint density at radius 3 is 2.33 bits per heavy atom. The van der Waals surface area contributed by atoms with Crippen LogP contribution < -0.4 is 10.1 Å². The minimum absolute atomic E-state index is 0.0735. The van der Waals surface area contributed by atoms with E-state index in [-0.39, 0.29) is 10.9 Å². The number of nitrogens with one attached hydrogen (secondary N) is 1. The Morgan fingerprint density at radius 1 is 1.19 bits per heavy atom. The summed E-state index contributed by atoms with van der Waals surface area (Å²) in [4.78, 5) is 0.287. The van der Waals surface area contributed by atoms with Gasteiger partial charge in [0.25, 0.3) is 0 Å². The molecule has 0 fully saturated rings. The molecule has 1 N–H and O–H groups in total. The second-order valence-electron chi connectivity index (χ2n) is 5.18. The van der Waals surface area contributed by atoms with Gasteiger partial charge in [0, 0.05) is 19.6 Å². The minimum Gasteiger partial charge on any atom is -0.492 e. The molecule has 0 saturated carbocycles. The molecule has 0 aliphatic heterocycles. The second-order valence-corrected chi connectivity index (χ2v) is 7.18. The molecule has 0 heterocycles. The minimum atomic E-state index is -3.42. The molecule has 1 aromatic carbocycles. The van der Waals surface area contributed by atoms with Gasteiger partial charge >= 0.3 is 0 Å². The summed E-state index contributed by atoms with van der Waals surface area (Å²) >= 11 is 0. The summed E-state index contributed by atoms with van der Waals surface area (Å²) in [7, 11) is -1.83. The fourth-order valence-electron chi connectivity index (χ4n) is 1.69. The average Bonchev–Trinajstić information content (AvgIpc) is 2.46. The first-order valence-electron chi connectivity index (χ1n) is 7.31. The third kappa shape index (κ3) is 5.30. The topological polar surface area (TPSA) is 58.6 Å². The number of sulfonamides is 1. The maximum absolute atomic E-state index is 12.3. The fourth-order valence-corrected chi connectivity index (χ4v) is 3.06. The molecule has 0 unspecified atom stereocenters. The summed E-state index contributed by atoms with van der Waals surface area (Å²) in [6.45, 7) is 8.13. The summed E-state index contributed by atoms with van der Waals surface area (Å²) in [6, 6.07) is 6.49.